The highest BCUT2D eigenvalue weighted by molar-refractivity contribution is 5.31. The van der Waals surface area contributed by atoms with Crippen LogP contribution in [0.5, 0.6) is 0 Å². The van der Waals surface area contributed by atoms with Crippen LogP contribution < -0.4 is 5.73 Å². The lowest BCUT2D eigenvalue weighted by Crippen LogP contribution is -2.51. The lowest BCUT2D eigenvalue weighted by Gasteiger charge is -2.40. The van der Waals surface area contributed by atoms with Gasteiger partial charge >= 0.3 is 0 Å². The summed E-state index contributed by atoms with van der Waals surface area (Å²) in [5.41, 5.74) is 9.47. The standard InChI is InChI=1S/C16H24N2/c17-13-16(9-5-1-2-6-10-16)18-11-14-7-3-4-8-15(14)12-18/h3-4,7-8H,1-2,5-6,9-13,17H2. The van der Waals surface area contributed by atoms with Gasteiger partial charge in [-0.1, -0.05) is 49.9 Å². The zero-order valence-corrected chi connectivity index (χ0v) is 11.2. The highest BCUT2D eigenvalue weighted by atomic mass is 15.2. The van der Waals surface area contributed by atoms with Gasteiger partial charge in [0, 0.05) is 25.2 Å². The van der Waals surface area contributed by atoms with E-state index in [2.05, 4.69) is 29.2 Å². The molecule has 2 aliphatic rings. The Kier molecular flexibility index (Phi) is 3.40. The van der Waals surface area contributed by atoms with E-state index in [0.717, 1.165) is 19.6 Å². The van der Waals surface area contributed by atoms with E-state index in [1.54, 1.807) is 0 Å². The molecular weight excluding hydrogens is 220 g/mol. The van der Waals surface area contributed by atoms with Gasteiger partial charge in [-0.05, 0) is 24.0 Å². The second kappa shape index (κ2) is 5.02. The minimum absolute atomic E-state index is 0.273. The molecule has 1 saturated carbocycles. The lowest BCUT2D eigenvalue weighted by molar-refractivity contribution is 0.0751. The predicted octanol–water partition coefficient (Wildman–Crippen LogP) is 3.05. The average molecular weight is 244 g/mol. The summed E-state index contributed by atoms with van der Waals surface area (Å²) in [4.78, 5) is 2.66. The van der Waals surface area contributed by atoms with Crippen molar-refractivity contribution >= 4 is 0 Å². The molecule has 0 bridgehead atoms. The van der Waals surface area contributed by atoms with E-state index in [1.165, 1.54) is 49.7 Å². The Bertz CT molecular complexity index is 380. The largest absolute Gasteiger partial charge is 0.329 e. The molecule has 98 valence electrons. The van der Waals surface area contributed by atoms with Crippen LogP contribution >= 0.6 is 0 Å². The van der Waals surface area contributed by atoms with E-state index in [1.807, 2.05) is 0 Å². The van der Waals surface area contributed by atoms with E-state index in [0.29, 0.717) is 0 Å². The maximum Gasteiger partial charge on any atom is 0.0338 e. The van der Waals surface area contributed by atoms with Crippen LogP contribution in [-0.2, 0) is 13.1 Å². The van der Waals surface area contributed by atoms with Gasteiger partial charge in [0.15, 0.2) is 0 Å². The second-order valence-electron chi connectivity index (χ2n) is 5.97. The number of nitrogens with zero attached hydrogens (tertiary/aromatic N) is 1. The SMILES string of the molecule is NCC1(N2Cc3ccccc3C2)CCCCCC1. The Labute approximate surface area is 110 Å². The van der Waals surface area contributed by atoms with Crippen LogP contribution in [0, 0.1) is 0 Å². The Balaban J connectivity index is 1.82. The molecule has 0 spiro atoms. The van der Waals surface area contributed by atoms with Crippen molar-refractivity contribution in [2.45, 2.75) is 57.2 Å². The van der Waals surface area contributed by atoms with Crippen molar-refractivity contribution in [1.29, 1.82) is 0 Å². The molecule has 1 aromatic rings. The molecule has 0 atom stereocenters. The van der Waals surface area contributed by atoms with Crippen molar-refractivity contribution in [2.75, 3.05) is 6.54 Å². The predicted molar refractivity (Wildman–Crippen MR) is 75.2 cm³/mol. The summed E-state index contributed by atoms with van der Waals surface area (Å²) >= 11 is 0. The molecule has 0 saturated heterocycles. The molecule has 2 nitrogen and oxygen atoms in total. The minimum Gasteiger partial charge on any atom is -0.329 e. The summed E-state index contributed by atoms with van der Waals surface area (Å²) in [5.74, 6) is 0. The molecule has 2 N–H and O–H groups in total. The summed E-state index contributed by atoms with van der Waals surface area (Å²) in [7, 11) is 0. The van der Waals surface area contributed by atoms with Gasteiger partial charge < -0.3 is 5.73 Å². The molecular formula is C16H24N2. The average Bonchev–Trinajstić information content (AvgIpc) is 2.70. The van der Waals surface area contributed by atoms with E-state index >= 15 is 0 Å². The highest BCUT2D eigenvalue weighted by Crippen LogP contribution is 2.37. The Morgan fingerprint density at radius 2 is 1.50 bits per heavy atom. The molecule has 0 unspecified atom stereocenters. The van der Waals surface area contributed by atoms with Crippen molar-refractivity contribution in [2.24, 2.45) is 5.73 Å². The first-order valence-corrected chi connectivity index (χ1v) is 7.36. The second-order valence-corrected chi connectivity index (χ2v) is 5.97. The fourth-order valence-electron chi connectivity index (χ4n) is 3.70. The molecule has 2 heteroatoms. The summed E-state index contributed by atoms with van der Waals surface area (Å²) in [6.07, 6.45) is 8.06. The summed E-state index contributed by atoms with van der Waals surface area (Å²) < 4.78 is 0. The van der Waals surface area contributed by atoms with Gasteiger partial charge in [0.25, 0.3) is 0 Å². The molecule has 1 aliphatic carbocycles. The first kappa shape index (κ1) is 12.2. The van der Waals surface area contributed by atoms with Crippen LogP contribution in [0.15, 0.2) is 24.3 Å². The van der Waals surface area contributed by atoms with Gasteiger partial charge in [0.05, 0.1) is 0 Å². The number of benzene rings is 1. The van der Waals surface area contributed by atoms with Crippen LogP contribution in [0.2, 0.25) is 0 Å². The molecule has 0 radical (unpaired) electrons. The zero-order valence-electron chi connectivity index (χ0n) is 11.2. The van der Waals surface area contributed by atoms with Gasteiger partial charge in [0.2, 0.25) is 0 Å². The number of fused-ring (bicyclic) bond motifs is 1. The number of rotatable bonds is 2. The van der Waals surface area contributed by atoms with Crippen LogP contribution in [0.4, 0.5) is 0 Å². The van der Waals surface area contributed by atoms with E-state index < -0.39 is 0 Å². The number of nitrogens with two attached hydrogens (primary N) is 1. The lowest BCUT2D eigenvalue weighted by atomic mass is 9.88. The fourth-order valence-corrected chi connectivity index (χ4v) is 3.70. The molecule has 1 aromatic carbocycles. The minimum atomic E-state index is 0.273. The maximum absolute atomic E-state index is 6.18. The molecule has 0 aromatic heterocycles. The molecule has 0 amide bonds. The van der Waals surface area contributed by atoms with E-state index in [9.17, 15) is 0 Å². The normalized spacial score (nSPS) is 23.6. The van der Waals surface area contributed by atoms with Crippen LogP contribution in [0.25, 0.3) is 0 Å². The third kappa shape index (κ3) is 2.08. The smallest absolute Gasteiger partial charge is 0.0338 e. The molecule has 1 fully saturated rings. The summed E-state index contributed by atoms with van der Waals surface area (Å²) in [6, 6.07) is 8.86. The van der Waals surface area contributed by atoms with Crippen molar-refractivity contribution in [1.82, 2.24) is 4.90 Å². The van der Waals surface area contributed by atoms with Crippen LogP contribution in [0.1, 0.15) is 49.7 Å². The van der Waals surface area contributed by atoms with Gasteiger partial charge in [-0.3, -0.25) is 4.90 Å². The maximum atomic E-state index is 6.18. The van der Waals surface area contributed by atoms with Crippen molar-refractivity contribution in [3.05, 3.63) is 35.4 Å². The highest BCUT2D eigenvalue weighted by Gasteiger charge is 2.38. The monoisotopic (exact) mass is 244 g/mol. The third-order valence-corrected chi connectivity index (χ3v) is 4.93. The van der Waals surface area contributed by atoms with Gasteiger partial charge in [-0.15, -0.1) is 0 Å². The van der Waals surface area contributed by atoms with E-state index in [4.69, 9.17) is 5.73 Å². The summed E-state index contributed by atoms with van der Waals surface area (Å²) in [5, 5.41) is 0. The van der Waals surface area contributed by atoms with Gasteiger partial charge in [-0.2, -0.15) is 0 Å². The fraction of sp³-hybridized carbons (Fsp3) is 0.625. The van der Waals surface area contributed by atoms with Crippen molar-refractivity contribution in [3.8, 4) is 0 Å². The molecule has 18 heavy (non-hydrogen) atoms. The Hall–Kier alpha value is -0.860. The van der Waals surface area contributed by atoms with Gasteiger partial charge in [-0.25, -0.2) is 0 Å². The Morgan fingerprint density at radius 3 is 2.00 bits per heavy atom. The van der Waals surface area contributed by atoms with Crippen LogP contribution in [0.3, 0.4) is 0 Å². The molecule has 1 heterocycles. The first-order chi connectivity index (χ1) is 8.84. The van der Waals surface area contributed by atoms with Gasteiger partial charge in [0.1, 0.15) is 0 Å². The van der Waals surface area contributed by atoms with E-state index in [-0.39, 0.29) is 5.54 Å². The number of hydrogen-bond acceptors (Lipinski definition) is 2. The number of hydrogen-bond donors (Lipinski definition) is 1. The molecule has 3 rings (SSSR count). The quantitative estimate of drug-likeness (QED) is 0.810. The van der Waals surface area contributed by atoms with Crippen molar-refractivity contribution < 1.29 is 0 Å². The van der Waals surface area contributed by atoms with Crippen LogP contribution in [-0.4, -0.2) is 17.0 Å². The molecule has 1 aliphatic heterocycles. The topological polar surface area (TPSA) is 29.3 Å². The zero-order chi connectivity index (χ0) is 12.4. The third-order valence-electron chi connectivity index (χ3n) is 4.93. The first-order valence-electron chi connectivity index (χ1n) is 7.36. The summed E-state index contributed by atoms with van der Waals surface area (Å²) in [6.45, 7) is 3.03. The van der Waals surface area contributed by atoms with Crippen molar-refractivity contribution in [3.63, 3.8) is 0 Å². The Morgan fingerprint density at radius 1 is 0.944 bits per heavy atom.